The lowest BCUT2D eigenvalue weighted by molar-refractivity contribution is -0.302. The molecule has 0 aromatic heterocycles. The predicted octanol–water partition coefficient (Wildman–Crippen LogP) is -7.92. The van der Waals surface area contributed by atoms with Crippen molar-refractivity contribution in [2.45, 2.75) is 123 Å². The van der Waals surface area contributed by atoms with Gasteiger partial charge in [-0.25, -0.2) is 4.39 Å². The number of alkyl halides is 1. The highest BCUT2D eigenvalue weighted by molar-refractivity contribution is 5.02. The van der Waals surface area contributed by atoms with E-state index in [4.69, 9.17) is 62.8 Å². The molecule has 18 nitrogen and oxygen atoms in total. The normalized spacial score (nSPS) is 53.8. The Labute approximate surface area is 240 Å². The SMILES string of the molecule is NCC1OC(OC2C(CO)OC(OC3C(O)C(N)CC(N)C3OC3OC(CN)C(O)C(F)C3N)C2O)C(N)C(O)C1O. The number of hydrogen-bond donors (Lipinski definition) is 12. The molecular formula is C23H45FN6O12. The zero-order valence-corrected chi connectivity index (χ0v) is 22.8. The van der Waals surface area contributed by atoms with Crippen LogP contribution in [-0.2, 0) is 28.4 Å². The minimum Gasteiger partial charge on any atom is -0.394 e. The van der Waals surface area contributed by atoms with E-state index in [0.717, 1.165) is 0 Å². The minimum atomic E-state index is -1.95. The van der Waals surface area contributed by atoms with Gasteiger partial charge < -0.3 is 93.5 Å². The van der Waals surface area contributed by atoms with Crippen LogP contribution in [0.5, 0.6) is 0 Å². The monoisotopic (exact) mass is 616 g/mol. The highest BCUT2D eigenvalue weighted by Crippen LogP contribution is 2.34. The van der Waals surface area contributed by atoms with Gasteiger partial charge in [-0.05, 0) is 6.42 Å². The first-order valence-electron chi connectivity index (χ1n) is 13.8. The number of aliphatic hydroxyl groups excluding tert-OH is 6. The molecule has 0 aromatic carbocycles. The van der Waals surface area contributed by atoms with Crippen LogP contribution in [0.3, 0.4) is 0 Å². The highest BCUT2D eigenvalue weighted by Gasteiger charge is 2.54. The van der Waals surface area contributed by atoms with Gasteiger partial charge in [0.15, 0.2) is 18.9 Å². The Hall–Kier alpha value is -0.790. The Bertz CT molecular complexity index is 873. The van der Waals surface area contributed by atoms with Gasteiger partial charge in [0.05, 0.1) is 24.8 Å². The van der Waals surface area contributed by atoms with Gasteiger partial charge >= 0.3 is 0 Å². The quantitative estimate of drug-likeness (QED) is 0.114. The van der Waals surface area contributed by atoms with Crippen molar-refractivity contribution in [3.05, 3.63) is 0 Å². The molecule has 19 unspecified atom stereocenters. The van der Waals surface area contributed by atoms with Crippen molar-refractivity contribution in [3.8, 4) is 0 Å². The maximum Gasteiger partial charge on any atom is 0.187 e. The van der Waals surface area contributed by atoms with Gasteiger partial charge in [-0.2, -0.15) is 0 Å². The van der Waals surface area contributed by atoms with E-state index in [2.05, 4.69) is 0 Å². The Morgan fingerprint density at radius 2 is 1.12 bits per heavy atom. The number of nitrogens with two attached hydrogens (primary N) is 6. The van der Waals surface area contributed by atoms with Crippen LogP contribution in [0.1, 0.15) is 6.42 Å². The van der Waals surface area contributed by atoms with Crippen molar-refractivity contribution in [1.82, 2.24) is 0 Å². The van der Waals surface area contributed by atoms with Crippen LogP contribution in [0.15, 0.2) is 0 Å². The topological polar surface area (TPSA) is 333 Å². The molecule has 1 saturated carbocycles. The van der Waals surface area contributed by atoms with Crippen molar-refractivity contribution >= 4 is 0 Å². The summed E-state index contributed by atoms with van der Waals surface area (Å²) in [6.07, 6.45) is -21.0. The van der Waals surface area contributed by atoms with Crippen LogP contribution in [0.4, 0.5) is 4.39 Å². The summed E-state index contributed by atoms with van der Waals surface area (Å²) in [4.78, 5) is 0. The van der Waals surface area contributed by atoms with Crippen molar-refractivity contribution in [2.24, 2.45) is 34.4 Å². The van der Waals surface area contributed by atoms with Crippen molar-refractivity contribution < 1.29 is 63.5 Å². The number of hydrogen-bond acceptors (Lipinski definition) is 18. The van der Waals surface area contributed by atoms with Crippen molar-refractivity contribution in [2.75, 3.05) is 19.7 Å². The molecule has 0 amide bonds. The Morgan fingerprint density at radius 1 is 0.595 bits per heavy atom. The van der Waals surface area contributed by atoms with Crippen LogP contribution in [0.2, 0.25) is 0 Å². The molecule has 3 saturated heterocycles. The number of rotatable bonds is 9. The summed E-state index contributed by atoms with van der Waals surface area (Å²) >= 11 is 0. The molecule has 0 spiro atoms. The van der Waals surface area contributed by atoms with Crippen LogP contribution in [0.25, 0.3) is 0 Å². The second kappa shape index (κ2) is 14.1. The lowest BCUT2D eigenvalue weighted by Crippen LogP contribution is -2.67. The fraction of sp³-hybridized carbons (Fsp3) is 1.00. The largest absolute Gasteiger partial charge is 0.394 e. The van der Waals surface area contributed by atoms with Crippen molar-refractivity contribution in [3.63, 3.8) is 0 Å². The van der Waals surface area contributed by atoms with Gasteiger partial charge in [-0.1, -0.05) is 0 Å². The predicted molar refractivity (Wildman–Crippen MR) is 137 cm³/mol. The lowest BCUT2D eigenvalue weighted by atomic mass is 9.84. The Kier molecular flexibility index (Phi) is 11.4. The fourth-order valence-electron chi connectivity index (χ4n) is 5.72. The first-order chi connectivity index (χ1) is 19.8. The first kappa shape index (κ1) is 34.1. The zero-order chi connectivity index (χ0) is 31.0. The lowest BCUT2D eigenvalue weighted by Gasteiger charge is -2.47. The second-order valence-electron chi connectivity index (χ2n) is 11.2. The second-order valence-corrected chi connectivity index (χ2v) is 11.2. The molecule has 3 aliphatic heterocycles. The smallest absolute Gasteiger partial charge is 0.187 e. The van der Waals surface area contributed by atoms with Gasteiger partial charge in [0.25, 0.3) is 0 Å². The summed E-state index contributed by atoms with van der Waals surface area (Å²) in [5, 5.41) is 62.4. The van der Waals surface area contributed by atoms with E-state index in [1.54, 1.807) is 0 Å². The third-order valence-corrected chi connectivity index (χ3v) is 8.32. The molecule has 246 valence electrons. The summed E-state index contributed by atoms with van der Waals surface area (Å²) in [6.45, 7) is -1.07. The molecule has 1 aliphatic carbocycles. The minimum absolute atomic E-state index is 0.0577. The summed E-state index contributed by atoms with van der Waals surface area (Å²) in [6, 6.07) is -4.48. The van der Waals surface area contributed by atoms with E-state index < -0.39 is 123 Å². The molecule has 0 aromatic rings. The molecule has 3 heterocycles. The summed E-state index contributed by atoms with van der Waals surface area (Å²) in [5.74, 6) is 0. The molecule has 19 atom stereocenters. The highest BCUT2D eigenvalue weighted by atomic mass is 19.1. The Balaban J connectivity index is 1.50. The van der Waals surface area contributed by atoms with E-state index in [-0.39, 0.29) is 19.5 Å². The molecule has 4 fully saturated rings. The molecule has 4 rings (SSSR count). The van der Waals surface area contributed by atoms with Crippen LogP contribution in [-0.4, -0.2) is 167 Å². The van der Waals surface area contributed by atoms with E-state index in [1.165, 1.54) is 0 Å². The molecule has 0 radical (unpaired) electrons. The average Bonchev–Trinajstić information content (AvgIpc) is 3.27. The molecule has 0 bridgehead atoms. The molecule has 4 aliphatic rings. The van der Waals surface area contributed by atoms with E-state index in [1.807, 2.05) is 0 Å². The maximum atomic E-state index is 14.7. The number of aliphatic hydroxyl groups is 6. The van der Waals surface area contributed by atoms with Crippen LogP contribution < -0.4 is 34.4 Å². The molecule has 18 N–H and O–H groups in total. The fourth-order valence-corrected chi connectivity index (χ4v) is 5.72. The van der Waals surface area contributed by atoms with Gasteiger partial charge in [-0.3, -0.25) is 0 Å². The number of halogens is 1. The Morgan fingerprint density at radius 3 is 1.71 bits per heavy atom. The van der Waals surface area contributed by atoms with E-state index >= 15 is 0 Å². The average molecular weight is 617 g/mol. The standard InChI is InChI=1S/C23H45FN6O12/c24-10-11(29)21(37-7(2-25)14(10)33)40-18-6(28)1-5(27)13(32)20(18)42-23-17(36)19(9(4-31)39-23)41-22-12(30)16(35)15(34)8(3-26)38-22/h5-23,31-36H,1-4,25-30H2. The molecular weight excluding hydrogens is 571 g/mol. The zero-order valence-electron chi connectivity index (χ0n) is 22.8. The van der Waals surface area contributed by atoms with E-state index in [0.29, 0.717) is 0 Å². The maximum absolute atomic E-state index is 14.7. The van der Waals surface area contributed by atoms with Gasteiger partial charge in [-0.15, -0.1) is 0 Å². The number of ether oxygens (including phenoxy) is 6. The third kappa shape index (κ3) is 6.59. The summed E-state index contributed by atoms with van der Waals surface area (Å²) in [5.41, 5.74) is 35.4. The van der Waals surface area contributed by atoms with Gasteiger partial charge in [0, 0.05) is 25.2 Å². The van der Waals surface area contributed by atoms with Gasteiger partial charge in [0.2, 0.25) is 0 Å². The summed E-state index contributed by atoms with van der Waals surface area (Å²) < 4.78 is 49.1. The summed E-state index contributed by atoms with van der Waals surface area (Å²) in [7, 11) is 0. The third-order valence-electron chi connectivity index (χ3n) is 8.32. The van der Waals surface area contributed by atoms with Gasteiger partial charge in [0.1, 0.15) is 67.2 Å². The molecule has 19 heteroatoms. The van der Waals surface area contributed by atoms with Crippen LogP contribution in [0, 0.1) is 0 Å². The van der Waals surface area contributed by atoms with E-state index in [9.17, 15) is 35.0 Å². The van der Waals surface area contributed by atoms with Crippen LogP contribution >= 0.6 is 0 Å². The first-order valence-corrected chi connectivity index (χ1v) is 13.8. The molecule has 42 heavy (non-hydrogen) atoms. The van der Waals surface area contributed by atoms with Crippen molar-refractivity contribution in [1.29, 1.82) is 0 Å².